The summed E-state index contributed by atoms with van der Waals surface area (Å²) in [6.07, 6.45) is 3.28. The van der Waals surface area contributed by atoms with Crippen LogP contribution in [0, 0.1) is 0 Å². The molecule has 1 aliphatic heterocycles. The van der Waals surface area contributed by atoms with E-state index < -0.39 is 10.0 Å². The zero-order valence-electron chi connectivity index (χ0n) is 10.8. The van der Waals surface area contributed by atoms with Crippen LogP contribution in [-0.4, -0.2) is 43.4 Å². The molecule has 1 aromatic rings. The summed E-state index contributed by atoms with van der Waals surface area (Å²) in [5.74, 6) is 0. The molecule has 0 radical (unpaired) electrons. The predicted octanol–water partition coefficient (Wildman–Crippen LogP) is 0.844. The van der Waals surface area contributed by atoms with Gasteiger partial charge in [0, 0.05) is 24.8 Å². The van der Waals surface area contributed by atoms with E-state index in [0.29, 0.717) is 13.1 Å². The average Bonchev–Trinajstić information content (AvgIpc) is 2.73. The molecule has 1 unspecified atom stereocenters. The van der Waals surface area contributed by atoms with Crippen molar-refractivity contribution in [1.29, 1.82) is 0 Å². The molecule has 6 heteroatoms. The van der Waals surface area contributed by atoms with Crippen molar-refractivity contribution < 1.29 is 8.42 Å². The lowest BCUT2D eigenvalue weighted by Gasteiger charge is -2.33. The van der Waals surface area contributed by atoms with E-state index in [1.807, 2.05) is 14.0 Å². The average molecular weight is 269 g/mol. The lowest BCUT2D eigenvalue weighted by Crippen LogP contribution is -2.50. The smallest absolute Gasteiger partial charge is 0.261 e. The molecule has 1 aliphatic rings. The first-order valence-electron chi connectivity index (χ1n) is 6.09. The Labute approximate surface area is 108 Å². The zero-order valence-corrected chi connectivity index (χ0v) is 11.6. The molecule has 0 aliphatic carbocycles. The highest BCUT2D eigenvalue weighted by Gasteiger charge is 2.44. The van der Waals surface area contributed by atoms with Gasteiger partial charge in [0.25, 0.3) is 10.0 Å². The van der Waals surface area contributed by atoms with Gasteiger partial charge in [0.1, 0.15) is 0 Å². The fourth-order valence-corrected chi connectivity index (χ4v) is 4.35. The van der Waals surface area contributed by atoms with Gasteiger partial charge in [-0.25, -0.2) is 13.4 Å². The van der Waals surface area contributed by atoms with Crippen LogP contribution in [0.5, 0.6) is 0 Å². The first kappa shape index (κ1) is 13.5. The third kappa shape index (κ3) is 2.28. The van der Waals surface area contributed by atoms with Gasteiger partial charge in [-0.2, -0.15) is 4.31 Å². The molecule has 18 heavy (non-hydrogen) atoms. The molecule has 1 saturated heterocycles. The van der Waals surface area contributed by atoms with Crippen molar-refractivity contribution in [2.45, 2.75) is 30.3 Å². The van der Waals surface area contributed by atoms with Gasteiger partial charge < -0.3 is 5.32 Å². The van der Waals surface area contributed by atoms with Gasteiger partial charge in [0.05, 0.1) is 0 Å². The monoisotopic (exact) mass is 269 g/mol. The van der Waals surface area contributed by atoms with Gasteiger partial charge in [-0.3, -0.25) is 0 Å². The van der Waals surface area contributed by atoms with E-state index in [4.69, 9.17) is 0 Å². The number of hydrogen-bond acceptors (Lipinski definition) is 4. The first-order chi connectivity index (χ1) is 8.50. The second-order valence-electron chi connectivity index (χ2n) is 4.88. The number of nitrogens with zero attached hydrogens (tertiary/aromatic N) is 2. The SMILES string of the molecule is CNCC1(C)CCCN1S(=O)(=O)c1ccccn1. The highest BCUT2D eigenvalue weighted by molar-refractivity contribution is 7.89. The van der Waals surface area contributed by atoms with E-state index in [1.54, 1.807) is 22.5 Å². The number of nitrogens with one attached hydrogen (secondary N) is 1. The number of sulfonamides is 1. The molecule has 100 valence electrons. The fourth-order valence-electron chi connectivity index (χ4n) is 2.58. The first-order valence-corrected chi connectivity index (χ1v) is 7.53. The van der Waals surface area contributed by atoms with E-state index in [-0.39, 0.29) is 10.6 Å². The molecule has 1 fully saturated rings. The summed E-state index contributed by atoms with van der Waals surface area (Å²) in [5.41, 5.74) is -0.356. The second-order valence-corrected chi connectivity index (χ2v) is 6.69. The van der Waals surface area contributed by atoms with E-state index in [9.17, 15) is 8.42 Å². The highest BCUT2D eigenvalue weighted by atomic mass is 32.2. The van der Waals surface area contributed by atoms with Gasteiger partial charge in [0.2, 0.25) is 0 Å². The molecule has 0 amide bonds. The maximum Gasteiger partial charge on any atom is 0.261 e. The Kier molecular flexibility index (Phi) is 3.70. The molecule has 0 bridgehead atoms. The van der Waals surface area contributed by atoms with Crippen LogP contribution in [0.15, 0.2) is 29.4 Å². The third-order valence-electron chi connectivity index (χ3n) is 3.43. The minimum Gasteiger partial charge on any atom is -0.318 e. The summed E-state index contributed by atoms with van der Waals surface area (Å²) in [7, 11) is -1.64. The van der Waals surface area contributed by atoms with Crippen molar-refractivity contribution in [3.05, 3.63) is 24.4 Å². The number of pyridine rings is 1. The van der Waals surface area contributed by atoms with Crippen molar-refractivity contribution in [1.82, 2.24) is 14.6 Å². The van der Waals surface area contributed by atoms with Gasteiger partial charge in [-0.1, -0.05) is 6.07 Å². The molecule has 1 N–H and O–H groups in total. The maximum atomic E-state index is 12.6. The van der Waals surface area contributed by atoms with Gasteiger partial charge in [-0.15, -0.1) is 0 Å². The molecule has 5 nitrogen and oxygen atoms in total. The largest absolute Gasteiger partial charge is 0.318 e. The fraction of sp³-hybridized carbons (Fsp3) is 0.583. The summed E-state index contributed by atoms with van der Waals surface area (Å²) < 4.78 is 26.7. The molecule has 0 saturated carbocycles. The molecule has 2 rings (SSSR count). The van der Waals surface area contributed by atoms with Crippen molar-refractivity contribution in [2.75, 3.05) is 20.1 Å². The van der Waals surface area contributed by atoms with Gasteiger partial charge >= 0.3 is 0 Å². The van der Waals surface area contributed by atoms with E-state index in [2.05, 4.69) is 10.3 Å². The molecule has 2 heterocycles. The second kappa shape index (κ2) is 4.95. The zero-order chi connectivity index (χ0) is 13.2. The van der Waals surface area contributed by atoms with Crippen molar-refractivity contribution in [3.8, 4) is 0 Å². The minimum absolute atomic E-state index is 0.134. The third-order valence-corrected chi connectivity index (χ3v) is 5.40. The normalized spacial score (nSPS) is 25.4. The van der Waals surface area contributed by atoms with Crippen LogP contribution < -0.4 is 5.32 Å². The lowest BCUT2D eigenvalue weighted by molar-refractivity contribution is 0.259. The summed E-state index contributed by atoms with van der Waals surface area (Å²) in [6.45, 7) is 3.20. The standard InChI is InChI=1S/C12H19N3O2S/c1-12(10-13-2)7-5-9-15(12)18(16,17)11-6-3-4-8-14-11/h3-4,6,8,13H,5,7,9-10H2,1-2H3. The summed E-state index contributed by atoms with van der Waals surface area (Å²) >= 11 is 0. The molecule has 0 aromatic carbocycles. The minimum atomic E-state index is -3.49. The summed E-state index contributed by atoms with van der Waals surface area (Å²) in [4.78, 5) is 3.97. The Morgan fingerprint density at radius 1 is 1.50 bits per heavy atom. The van der Waals surface area contributed by atoms with Crippen LogP contribution in [-0.2, 0) is 10.0 Å². The van der Waals surface area contributed by atoms with E-state index in [0.717, 1.165) is 12.8 Å². The van der Waals surface area contributed by atoms with Crippen molar-refractivity contribution in [3.63, 3.8) is 0 Å². The van der Waals surface area contributed by atoms with Crippen LogP contribution >= 0.6 is 0 Å². The van der Waals surface area contributed by atoms with Crippen LogP contribution in [0.25, 0.3) is 0 Å². The Morgan fingerprint density at radius 2 is 2.28 bits per heavy atom. The quantitative estimate of drug-likeness (QED) is 0.880. The number of rotatable bonds is 4. The molecular weight excluding hydrogens is 250 g/mol. The predicted molar refractivity (Wildman–Crippen MR) is 69.7 cm³/mol. The Hall–Kier alpha value is -0.980. The maximum absolute atomic E-state index is 12.6. The van der Waals surface area contributed by atoms with E-state index >= 15 is 0 Å². The molecule has 0 spiro atoms. The van der Waals surface area contributed by atoms with Crippen LogP contribution in [0.2, 0.25) is 0 Å². The highest BCUT2D eigenvalue weighted by Crippen LogP contribution is 2.33. The van der Waals surface area contributed by atoms with Crippen molar-refractivity contribution >= 4 is 10.0 Å². The van der Waals surface area contributed by atoms with Gasteiger partial charge in [0.15, 0.2) is 5.03 Å². The summed E-state index contributed by atoms with van der Waals surface area (Å²) in [6, 6.07) is 4.97. The summed E-state index contributed by atoms with van der Waals surface area (Å²) in [5, 5.41) is 3.21. The number of aromatic nitrogens is 1. The van der Waals surface area contributed by atoms with E-state index in [1.165, 1.54) is 6.20 Å². The Balaban J connectivity index is 2.36. The Bertz CT molecular complexity index is 503. The lowest BCUT2D eigenvalue weighted by atomic mass is 10.0. The topological polar surface area (TPSA) is 62.3 Å². The number of hydrogen-bond donors (Lipinski definition) is 1. The van der Waals surface area contributed by atoms with Gasteiger partial charge in [-0.05, 0) is 38.9 Å². The molecule has 1 aromatic heterocycles. The molecule has 1 atom stereocenters. The van der Waals surface area contributed by atoms with Crippen molar-refractivity contribution in [2.24, 2.45) is 0 Å². The van der Waals surface area contributed by atoms with Crippen LogP contribution in [0.3, 0.4) is 0 Å². The Morgan fingerprint density at radius 3 is 2.89 bits per heavy atom. The number of likely N-dealkylation sites (N-methyl/N-ethyl adjacent to an activating group) is 1. The van der Waals surface area contributed by atoms with Crippen LogP contribution in [0.1, 0.15) is 19.8 Å². The van der Waals surface area contributed by atoms with Crippen LogP contribution in [0.4, 0.5) is 0 Å². The molecular formula is C12H19N3O2S.